The lowest BCUT2D eigenvalue weighted by Gasteiger charge is -2.17. The van der Waals surface area contributed by atoms with E-state index in [9.17, 15) is 5.11 Å². The van der Waals surface area contributed by atoms with Gasteiger partial charge in [-0.1, -0.05) is 23.7 Å². The SMILES string of the molecule is Cc1ccc(CC(C)(C)O)c(Cl)c1. The van der Waals surface area contributed by atoms with Crippen LogP contribution in [0.4, 0.5) is 0 Å². The second-order valence-electron chi connectivity index (χ2n) is 4.08. The summed E-state index contributed by atoms with van der Waals surface area (Å²) < 4.78 is 0. The van der Waals surface area contributed by atoms with Gasteiger partial charge >= 0.3 is 0 Å². The fourth-order valence-electron chi connectivity index (χ4n) is 1.26. The number of aliphatic hydroxyl groups is 1. The van der Waals surface area contributed by atoms with Crippen LogP contribution in [0.25, 0.3) is 0 Å². The Balaban J connectivity index is 2.90. The molecular formula is C11H15ClO. The average Bonchev–Trinajstić information content (AvgIpc) is 1.93. The Morgan fingerprint density at radius 1 is 1.38 bits per heavy atom. The summed E-state index contributed by atoms with van der Waals surface area (Å²) in [6.45, 7) is 5.56. The molecule has 2 heteroatoms. The van der Waals surface area contributed by atoms with Gasteiger partial charge in [0.25, 0.3) is 0 Å². The highest BCUT2D eigenvalue weighted by molar-refractivity contribution is 6.31. The predicted molar refractivity (Wildman–Crippen MR) is 56.2 cm³/mol. The highest BCUT2D eigenvalue weighted by Gasteiger charge is 2.15. The molecule has 13 heavy (non-hydrogen) atoms. The number of hydrogen-bond donors (Lipinski definition) is 1. The minimum atomic E-state index is -0.696. The second kappa shape index (κ2) is 3.69. The molecule has 0 radical (unpaired) electrons. The van der Waals surface area contributed by atoms with E-state index >= 15 is 0 Å². The number of hydrogen-bond acceptors (Lipinski definition) is 1. The van der Waals surface area contributed by atoms with Gasteiger partial charge in [0.2, 0.25) is 0 Å². The molecule has 0 heterocycles. The molecule has 1 aromatic carbocycles. The summed E-state index contributed by atoms with van der Waals surface area (Å²) in [5, 5.41) is 10.3. The van der Waals surface area contributed by atoms with Crippen molar-refractivity contribution in [3.63, 3.8) is 0 Å². The maximum Gasteiger partial charge on any atom is 0.0632 e. The largest absolute Gasteiger partial charge is 0.390 e. The van der Waals surface area contributed by atoms with Crippen LogP contribution in [0.3, 0.4) is 0 Å². The van der Waals surface area contributed by atoms with Crippen LogP contribution in [-0.4, -0.2) is 10.7 Å². The maximum atomic E-state index is 9.61. The van der Waals surface area contributed by atoms with Gasteiger partial charge in [-0.15, -0.1) is 0 Å². The van der Waals surface area contributed by atoms with Gasteiger partial charge in [0.05, 0.1) is 5.60 Å². The Morgan fingerprint density at radius 2 is 2.00 bits per heavy atom. The summed E-state index contributed by atoms with van der Waals surface area (Å²) >= 11 is 6.02. The molecule has 0 aromatic heterocycles. The van der Waals surface area contributed by atoms with Crippen molar-refractivity contribution in [3.05, 3.63) is 34.3 Å². The topological polar surface area (TPSA) is 20.2 Å². The molecule has 72 valence electrons. The van der Waals surface area contributed by atoms with Crippen LogP contribution in [-0.2, 0) is 6.42 Å². The number of aryl methyl sites for hydroxylation is 1. The molecular weight excluding hydrogens is 184 g/mol. The van der Waals surface area contributed by atoms with Crippen molar-refractivity contribution in [3.8, 4) is 0 Å². The summed E-state index contributed by atoms with van der Waals surface area (Å²) in [6, 6.07) is 5.89. The normalized spacial score (nSPS) is 11.8. The quantitative estimate of drug-likeness (QED) is 0.775. The van der Waals surface area contributed by atoms with E-state index in [0.717, 1.165) is 16.1 Å². The molecule has 0 saturated carbocycles. The van der Waals surface area contributed by atoms with Crippen LogP contribution < -0.4 is 0 Å². The smallest absolute Gasteiger partial charge is 0.0632 e. The fraction of sp³-hybridized carbons (Fsp3) is 0.455. The molecule has 0 aliphatic carbocycles. The van der Waals surface area contributed by atoms with Crippen LogP contribution in [0.2, 0.25) is 5.02 Å². The van der Waals surface area contributed by atoms with E-state index in [-0.39, 0.29) is 0 Å². The molecule has 1 nitrogen and oxygen atoms in total. The Bertz CT molecular complexity index is 299. The van der Waals surface area contributed by atoms with Gasteiger partial charge in [-0.3, -0.25) is 0 Å². The Kier molecular flexibility index (Phi) is 2.99. The highest BCUT2D eigenvalue weighted by Crippen LogP contribution is 2.21. The van der Waals surface area contributed by atoms with Gasteiger partial charge in [-0.05, 0) is 38.0 Å². The third kappa shape index (κ3) is 3.37. The lowest BCUT2D eigenvalue weighted by atomic mass is 9.98. The summed E-state index contributed by atoms with van der Waals surface area (Å²) in [6.07, 6.45) is 0.589. The first-order valence-corrected chi connectivity index (χ1v) is 4.74. The zero-order valence-corrected chi connectivity index (χ0v) is 9.02. The predicted octanol–water partition coefficient (Wildman–Crippen LogP) is 2.96. The van der Waals surface area contributed by atoms with Crippen LogP contribution in [0.5, 0.6) is 0 Å². The van der Waals surface area contributed by atoms with Crippen molar-refractivity contribution in [2.75, 3.05) is 0 Å². The van der Waals surface area contributed by atoms with E-state index in [2.05, 4.69) is 0 Å². The summed E-state index contributed by atoms with van der Waals surface area (Å²) in [4.78, 5) is 0. The minimum Gasteiger partial charge on any atom is -0.390 e. The number of halogens is 1. The van der Waals surface area contributed by atoms with Gasteiger partial charge in [-0.25, -0.2) is 0 Å². The van der Waals surface area contributed by atoms with Gasteiger partial charge in [-0.2, -0.15) is 0 Å². The van der Waals surface area contributed by atoms with Crippen LogP contribution in [0.15, 0.2) is 18.2 Å². The second-order valence-corrected chi connectivity index (χ2v) is 4.49. The molecule has 0 saturated heterocycles. The van der Waals surface area contributed by atoms with Crippen molar-refractivity contribution < 1.29 is 5.11 Å². The lowest BCUT2D eigenvalue weighted by Crippen LogP contribution is -2.21. The number of rotatable bonds is 2. The van der Waals surface area contributed by atoms with E-state index in [0.29, 0.717) is 6.42 Å². The molecule has 1 N–H and O–H groups in total. The van der Waals surface area contributed by atoms with Gasteiger partial charge < -0.3 is 5.11 Å². The Hall–Kier alpha value is -0.530. The molecule has 0 bridgehead atoms. The summed E-state index contributed by atoms with van der Waals surface area (Å²) in [5.74, 6) is 0. The Morgan fingerprint density at radius 3 is 2.46 bits per heavy atom. The minimum absolute atomic E-state index is 0.589. The van der Waals surface area contributed by atoms with Gasteiger partial charge in [0.1, 0.15) is 0 Å². The van der Waals surface area contributed by atoms with E-state index in [1.807, 2.05) is 25.1 Å². The molecule has 0 unspecified atom stereocenters. The van der Waals surface area contributed by atoms with Crippen LogP contribution in [0.1, 0.15) is 25.0 Å². The van der Waals surface area contributed by atoms with Gasteiger partial charge in [0, 0.05) is 11.4 Å². The lowest BCUT2D eigenvalue weighted by molar-refractivity contribution is 0.0810. The molecule has 0 aliphatic heterocycles. The van der Waals surface area contributed by atoms with E-state index in [1.54, 1.807) is 13.8 Å². The molecule has 0 atom stereocenters. The first kappa shape index (κ1) is 10.6. The zero-order valence-electron chi connectivity index (χ0n) is 8.26. The van der Waals surface area contributed by atoms with Crippen LogP contribution in [0, 0.1) is 6.92 Å². The fourth-order valence-corrected chi connectivity index (χ4v) is 1.56. The molecule has 0 spiro atoms. The first-order valence-electron chi connectivity index (χ1n) is 4.36. The van der Waals surface area contributed by atoms with Crippen LogP contribution >= 0.6 is 11.6 Å². The zero-order chi connectivity index (χ0) is 10.1. The van der Waals surface area contributed by atoms with Crippen molar-refractivity contribution in [1.29, 1.82) is 0 Å². The first-order chi connectivity index (χ1) is 5.88. The third-order valence-electron chi connectivity index (χ3n) is 1.83. The molecule has 0 fully saturated rings. The molecule has 1 aromatic rings. The van der Waals surface area contributed by atoms with E-state index in [1.165, 1.54) is 0 Å². The molecule has 0 amide bonds. The molecule has 1 rings (SSSR count). The average molecular weight is 199 g/mol. The third-order valence-corrected chi connectivity index (χ3v) is 2.18. The summed E-state index contributed by atoms with van der Waals surface area (Å²) in [7, 11) is 0. The van der Waals surface area contributed by atoms with E-state index < -0.39 is 5.60 Å². The standard InChI is InChI=1S/C11H15ClO/c1-8-4-5-9(10(12)6-8)7-11(2,3)13/h4-6,13H,7H2,1-3H3. The van der Waals surface area contributed by atoms with E-state index in [4.69, 9.17) is 11.6 Å². The van der Waals surface area contributed by atoms with Crippen molar-refractivity contribution in [2.24, 2.45) is 0 Å². The highest BCUT2D eigenvalue weighted by atomic mass is 35.5. The van der Waals surface area contributed by atoms with Gasteiger partial charge in [0.15, 0.2) is 0 Å². The summed E-state index contributed by atoms with van der Waals surface area (Å²) in [5.41, 5.74) is 1.45. The van der Waals surface area contributed by atoms with Crippen molar-refractivity contribution in [2.45, 2.75) is 32.8 Å². The van der Waals surface area contributed by atoms with Crippen molar-refractivity contribution >= 4 is 11.6 Å². The Labute approximate surface area is 84.4 Å². The maximum absolute atomic E-state index is 9.61. The monoisotopic (exact) mass is 198 g/mol. The number of benzene rings is 1. The molecule has 0 aliphatic rings. The van der Waals surface area contributed by atoms with Crippen molar-refractivity contribution in [1.82, 2.24) is 0 Å².